The Kier molecular flexibility index (Phi) is 3.58. The number of rotatable bonds is 2. The van der Waals surface area contributed by atoms with Gasteiger partial charge in [0, 0.05) is 20.1 Å². The molecule has 2 fully saturated rings. The first-order chi connectivity index (χ1) is 9.19. The zero-order valence-electron chi connectivity index (χ0n) is 12.2. The third-order valence-electron chi connectivity index (χ3n) is 4.85. The summed E-state index contributed by atoms with van der Waals surface area (Å²) < 4.78 is 2.11. The van der Waals surface area contributed by atoms with Gasteiger partial charge in [0.1, 0.15) is 11.6 Å². The molecule has 5 heteroatoms. The molecule has 1 spiro atoms. The Morgan fingerprint density at radius 3 is 2.79 bits per heavy atom. The van der Waals surface area contributed by atoms with Crippen molar-refractivity contribution in [3.05, 3.63) is 11.6 Å². The van der Waals surface area contributed by atoms with Gasteiger partial charge < -0.3 is 9.88 Å². The number of hydrogen-bond acceptors (Lipinski definition) is 4. The first-order valence-electron chi connectivity index (χ1n) is 7.47. The van der Waals surface area contributed by atoms with Crippen molar-refractivity contribution < 1.29 is 0 Å². The van der Waals surface area contributed by atoms with Gasteiger partial charge in [0.15, 0.2) is 0 Å². The number of hydrogen-bond donors (Lipinski definition) is 1. The predicted molar refractivity (Wildman–Crippen MR) is 74.8 cm³/mol. The molecule has 106 valence electrons. The fourth-order valence-electron chi connectivity index (χ4n) is 3.61. The molecular formula is C14H25N5. The van der Waals surface area contributed by atoms with Gasteiger partial charge in [-0.2, -0.15) is 0 Å². The molecule has 0 saturated carbocycles. The standard InChI is InChI=1S/C14H25N5/c1-12-16-17-13(18(12)2)9-19-8-4-6-14(11-19)5-3-7-15-10-14/h15H,3-11H2,1-2H3. The van der Waals surface area contributed by atoms with Gasteiger partial charge in [-0.15, -0.1) is 10.2 Å². The minimum atomic E-state index is 0.518. The molecule has 1 atom stereocenters. The van der Waals surface area contributed by atoms with Crippen LogP contribution in [0.3, 0.4) is 0 Å². The molecule has 2 aliphatic heterocycles. The lowest BCUT2D eigenvalue weighted by molar-refractivity contribution is 0.0580. The van der Waals surface area contributed by atoms with Crippen molar-refractivity contribution in [3.63, 3.8) is 0 Å². The highest BCUT2D eigenvalue weighted by Gasteiger charge is 2.36. The van der Waals surface area contributed by atoms with E-state index in [1.54, 1.807) is 0 Å². The summed E-state index contributed by atoms with van der Waals surface area (Å²) in [6.07, 6.45) is 5.41. The summed E-state index contributed by atoms with van der Waals surface area (Å²) in [4.78, 5) is 2.57. The van der Waals surface area contributed by atoms with Crippen LogP contribution in [0, 0.1) is 12.3 Å². The molecule has 1 aromatic heterocycles. The maximum Gasteiger partial charge on any atom is 0.146 e. The maximum atomic E-state index is 4.30. The quantitative estimate of drug-likeness (QED) is 0.867. The Morgan fingerprint density at radius 2 is 2.11 bits per heavy atom. The third-order valence-corrected chi connectivity index (χ3v) is 4.85. The molecule has 0 amide bonds. The number of likely N-dealkylation sites (tertiary alicyclic amines) is 1. The topological polar surface area (TPSA) is 46.0 Å². The van der Waals surface area contributed by atoms with E-state index in [4.69, 9.17) is 0 Å². The van der Waals surface area contributed by atoms with Crippen LogP contribution >= 0.6 is 0 Å². The summed E-state index contributed by atoms with van der Waals surface area (Å²) in [6, 6.07) is 0. The normalized spacial score (nSPS) is 28.9. The smallest absolute Gasteiger partial charge is 0.146 e. The van der Waals surface area contributed by atoms with Gasteiger partial charge in [0.25, 0.3) is 0 Å². The largest absolute Gasteiger partial charge is 0.317 e. The first-order valence-corrected chi connectivity index (χ1v) is 7.47. The van der Waals surface area contributed by atoms with Crippen LogP contribution in [-0.2, 0) is 13.6 Å². The van der Waals surface area contributed by atoms with Crippen LogP contribution in [0.1, 0.15) is 37.3 Å². The van der Waals surface area contributed by atoms with Gasteiger partial charge in [-0.3, -0.25) is 4.90 Å². The minimum absolute atomic E-state index is 0.518. The highest BCUT2D eigenvalue weighted by Crippen LogP contribution is 2.36. The zero-order valence-corrected chi connectivity index (χ0v) is 12.2. The summed E-state index contributed by atoms with van der Waals surface area (Å²) >= 11 is 0. The molecule has 0 radical (unpaired) electrons. The van der Waals surface area contributed by atoms with Crippen molar-refractivity contribution >= 4 is 0 Å². The van der Waals surface area contributed by atoms with E-state index in [2.05, 4.69) is 32.0 Å². The first kappa shape index (κ1) is 13.1. The number of aryl methyl sites for hydroxylation is 1. The van der Waals surface area contributed by atoms with Gasteiger partial charge in [-0.25, -0.2) is 0 Å². The second-order valence-corrected chi connectivity index (χ2v) is 6.32. The number of aromatic nitrogens is 3. The van der Waals surface area contributed by atoms with Crippen LogP contribution < -0.4 is 5.32 Å². The molecule has 3 heterocycles. The molecule has 5 nitrogen and oxygen atoms in total. The molecule has 19 heavy (non-hydrogen) atoms. The van der Waals surface area contributed by atoms with Crippen LogP contribution in [0.4, 0.5) is 0 Å². The second kappa shape index (κ2) is 5.21. The van der Waals surface area contributed by atoms with Crippen molar-refractivity contribution in [1.82, 2.24) is 25.0 Å². The third kappa shape index (κ3) is 2.67. The van der Waals surface area contributed by atoms with E-state index in [1.165, 1.54) is 51.9 Å². The molecule has 2 saturated heterocycles. The van der Waals surface area contributed by atoms with E-state index in [1.807, 2.05) is 6.92 Å². The summed E-state index contributed by atoms with van der Waals surface area (Å²) in [5.41, 5.74) is 0.518. The van der Waals surface area contributed by atoms with Crippen LogP contribution in [0.5, 0.6) is 0 Å². The molecule has 0 aromatic carbocycles. The average Bonchev–Trinajstić information content (AvgIpc) is 2.72. The van der Waals surface area contributed by atoms with Crippen LogP contribution in [0.15, 0.2) is 0 Å². The van der Waals surface area contributed by atoms with E-state index in [0.717, 1.165) is 18.2 Å². The van der Waals surface area contributed by atoms with Gasteiger partial charge in [0.2, 0.25) is 0 Å². The molecular weight excluding hydrogens is 238 g/mol. The number of nitrogens with one attached hydrogen (secondary N) is 1. The maximum absolute atomic E-state index is 4.30. The zero-order chi connectivity index (χ0) is 13.3. The van der Waals surface area contributed by atoms with E-state index < -0.39 is 0 Å². The Hall–Kier alpha value is -0.940. The summed E-state index contributed by atoms with van der Waals surface area (Å²) in [6.45, 7) is 7.77. The van der Waals surface area contributed by atoms with Crippen LogP contribution in [0.2, 0.25) is 0 Å². The average molecular weight is 263 g/mol. The van der Waals surface area contributed by atoms with Crippen LogP contribution in [0.25, 0.3) is 0 Å². The van der Waals surface area contributed by atoms with E-state index in [0.29, 0.717) is 5.41 Å². The fraction of sp³-hybridized carbons (Fsp3) is 0.857. The number of nitrogens with zero attached hydrogens (tertiary/aromatic N) is 4. The molecule has 0 aliphatic carbocycles. The predicted octanol–water partition coefficient (Wildman–Crippen LogP) is 1.09. The SMILES string of the molecule is Cc1nnc(CN2CCCC3(CCCNC3)C2)n1C. The summed E-state index contributed by atoms with van der Waals surface area (Å²) in [7, 11) is 2.06. The van der Waals surface area contributed by atoms with Crippen molar-refractivity contribution in [2.24, 2.45) is 12.5 Å². The van der Waals surface area contributed by atoms with Crippen molar-refractivity contribution in [3.8, 4) is 0 Å². The van der Waals surface area contributed by atoms with Gasteiger partial charge in [-0.1, -0.05) is 0 Å². The van der Waals surface area contributed by atoms with Gasteiger partial charge in [0.05, 0.1) is 6.54 Å². The molecule has 2 aliphatic rings. The van der Waals surface area contributed by atoms with Gasteiger partial charge >= 0.3 is 0 Å². The monoisotopic (exact) mass is 263 g/mol. The minimum Gasteiger partial charge on any atom is -0.317 e. The summed E-state index contributed by atoms with van der Waals surface area (Å²) in [5, 5.41) is 12.0. The van der Waals surface area contributed by atoms with Crippen molar-refractivity contribution in [2.45, 2.75) is 39.2 Å². The lowest BCUT2D eigenvalue weighted by Crippen LogP contribution is -2.50. The van der Waals surface area contributed by atoms with Gasteiger partial charge in [-0.05, 0) is 51.1 Å². The second-order valence-electron chi connectivity index (χ2n) is 6.32. The van der Waals surface area contributed by atoms with E-state index in [-0.39, 0.29) is 0 Å². The van der Waals surface area contributed by atoms with E-state index in [9.17, 15) is 0 Å². The lowest BCUT2D eigenvalue weighted by Gasteiger charge is -2.45. The fourth-order valence-corrected chi connectivity index (χ4v) is 3.61. The van der Waals surface area contributed by atoms with Crippen molar-refractivity contribution in [2.75, 3.05) is 26.2 Å². The van der Waals surface area contributed by atoms with Crippen molar-refractivity contribution in [1.29, 1.82) is 0 Å². The molecule has 1 unspecified atom stereocenters. The lowest BCUT2D eigenvalue weighted by atomic mass is 9.74. The highest BCUT2D eigenvalue weighted by molar-refractivity contribution is 4.96. The Morgan fingerprint density at radius 1 is 1.26 bits per heavy atom. The molecule has 0 bridgehead atoms. The van der Waals surface area contributed by atoms with E-state index >= 15 is 0 Å². The molecule has 1 aromatic rings. The highest BCUT2D eigenvalue weighted by atomic mass is 15.3. The van der Waals surface area contributed by atoms with Crippen LogP contribution in [-0.4, -0.2) is 45.8 Å². The Labute approximate surface area is 115 Å². The molecule has 3 rings (SSSR count). The molecule has 1 N–H and O–H groups in total. The Balaban J connectivity index is 1.66. The number of piperidine rings is 2. The Bertz CT molecular complexity index is 428. The summed E-state index contributed by atoms with van der Waals surface area (Å²) in [5.74, 6) is 2.10.